The van der Waals surface area contributed by atoms with E-state index in [2.05, 4.69) is 35.2 Å². The first-order valence-corrected chi connectivity index (χ1v) is 9.55. The summed E-state index contributed by atoms with van der Waals surface area (Å²) in [4.78, 5) is 20.0. The number of primary amides is 1. The van der Waals surface area contributed by atoms with Crippen molar-refractivity contribution in [3.05, 3.63) is 51.5 Å². The maximum atomic E-state index is 11.3. The van der Waals surface area contributed by atoms with Crippen LogP contribution in [0.5, 0.6) is 0 Å². The third-order valence-corrected chi connectivity index (χ3v) is 6.39. The lowest BCUT2D eigenvalue weighted by molar-refractivity contribution is -0.121. The smallest absolute Gasteiger partial charge is 0.221 e. The van der Waals surface area contributed by atoms with Crippen LogP contribution in [0.2, 0.25) is 0 Å². The van der Waals surface area contributed by atoms with E-state index in [1.807, 2.05) is 11.3 Å². The Morgan fingerprint density at radius 3 is 2.88 bits per heavy atom. The van der Waals surface area contributed by atoms with Crippen LogP contribution in [-0.2, 0) is 24.2 Å². The number of aryl methyl sites for hydroxylation is 1. The van der Waals surface area contributed by atoms with E-state index >= 15 is 0 Å². The molecular formula is C19H23N3OS. The molecule has 1 saturated heterocycles. The predicted molar refractivity (Wildman–Crippen MR) is 95.9 cm³/mol. The number of carbonyl (C=O) groups is 1. The van der Waals surface area contributed by atoms with Crippen molar-refractivity contribution in [3.63, 3.8) is 0 Å². The van der Waals surface area contributed by atoms with Crippen molar-refractivity contribution >= 4 is 17.2 Å². The van der Waals surface area contributed by atoms with E-state index in [1.54, 1.807) is 0 Å². The summed E-state index contributed by atoms with van der Waals surface area (Å²) in [6.07, 6.45) is 4.26. The molecule has 5 heteroatoms. The van der Waals surface area contributed by atoms with Gasteiger partial charge < -0.3 is 5.73 Å². The van der Waals surface area contributed by atoms with Gasteiger partial charge in [-0.05, 0) is 43.7 Å². The summed E-state index contributed by atoms with van der Waals surface area (Å²) in [6.45, 7) is 2.59. The number of thiazole rings is 1. The molecule has 1 aromatic carbocycles. The molecule has 0 spiro atoms. The number of nitrogens with zero attached hydrogens (tertiary/aromatic N) is 2. The Kier molecular flexibility index (Phi) is 4.37. The van der Waals surface area contributed by atoms with Crippen LogP contribution in [0.1, 0.15) is 39.9 Å². The lowest BCUT2D eigenvalue weighted by atomic mass is 9.85. The first-order chi connectivity index (χ1) is 11.7. The van der Waals surface area contributed by atoms with E-state index in [0.29, 0.717) is 5.92 Å². The van der Waals surface area contributed by atoms with E-state index in [9.17, 15) is 4.79 Å². The summed E-state index contributed by atoms with van der Waals surface area (Å²) in [5, 5.41) is 1.19. The lowest BCUT2D eigenvalue weighted by Crippen LogP contribution is -2.27. The van der Waals surface area contributed by atoms with E-state index in [4.69, 9.17) is 10.7 Å². The molecule has 2 aromatic rings. The Balaban J connectivity index is 1.43. The Hall–Kier alpha value is -1.72. The van der Waals surface area contributed by atoms with Crippen molar-refractivity contribution in [1.29, 1.82) is 0 Å². The number of amides is 1. The van der Waals surface area contributed by atoms with Gasteiger partial charge in [0.15, 0.2) is 0 Å². The van der Waals surface area contributed by atoms with Crippen LogP contribution in [-0.4, -0.2) is 28.9 Å². The zero-order chi connectivity index (χ0) is 16.5. The summed E-state index contributed by atoms with van der Waals surface area (Å²) >= 11 is 1.86. The summed E-state index contributed by atoms with van der Waals surface area (Å²) in [6, 6.07) is 10.8. The van der Waals surface area contributed by atoms with Crippen LogP contribution in [0.15, 0.2) is 30.3 Å². The van der Waals surface area contributed by atoms with E-state index in [1.165, 1.54) is 27.6 Å². The van der Waals surface area contributed by atoms with Crippen LogP contribution in [0.25, 0.3) is 0 Å². The van der Waals surface area contributed by atoms with Gasteiger partial charge in [0.25, 0.3) is 0 Å². The summed E-state index contributed by atoms with van der Waals surface area (Å²) in [5.74, 6) is 0.474. The van der Waals surface area contributed by atoms with Crippen molar-refractivity contribution < 1.29 is 4.79 Å². The number of aromatic nitrogens is 1. The fourth-order valence-corrected chi connectivity index (χ4v) is 5.14. The highest BCUT2D eigenvalue weighted by Crippen LogP contribution is 2.36. The molecule has 0 bridgehead atoms. The predicted octanol–water partition coefficient (Wildman–Crippen LogP) is 2.72. The molecule has 1 fully saturated rings. The number of likely N-dealkylation sites (tertiary alicyclic amines) is 1. The zero-order valence-electron chi connectivity index (χ0n) is 13.8. The number of hydrogen-bond donors (Lipinski definition) is 1. The van der Waals surface area contributed by atoms with Crippen molar-refractivity contribution in [2.24, 2.45) is 11.7 Å². The lowest BCUT2D eigenvalue weighted by Gasteiger charge is -2.21. The molecule has 0 saturated carbocycles. The molecule has 24 heavy (non-hydrogen) atoms. The second-order valence-corrected chi connectivity index (χ2v) is 8.12. The number of hydrogen-bond acceptors (Lipinski definition) is 4. The highest BCUT2D eigenvalue weighted by Gasteiger charge is 2.28. The molecule has 0 radical (unpaired) electrons. The topological polar surface area (TPSA) is 59.2 Å². The maximum Gasteiger partial charge on any atom is 0.221 e. The first-order valence-electron chi connectivity index (χ1n) is 8.73. The largest absolute Gasteiger partial charge is 0.369 e. The monoisotopic (exact) mass is 341 g/mol. The van der Waals surface area contributed by atoms with E-state index in [0.717, 1.165) is 38.9 Å². The fraction of sp³-hybridized carbons (Fsp3) is 0.474. The van der Waals surface area contributed by atoms with Gasteiger partial charge in [-0.2, -0.15) is 0 Å². The average molecular weight is 341 g/mol. The molecule has 4 nitrogen and oxygen atoms in total. The second kappa shape index (κ2) is 6.65. The van der Waals surface area contributed by atoms with Gasteiger partial charge >= 0.3 is 0 Å². The first kappa shape index (κ1) is 15.8. The molecule has 2 aliphatic rings. The number of benzene rings is 1. The molecular weight excluding hydrogens is 318 g/mol. The van der Waals surface area contributed by atoms with E-state index < -0.39 is 0 Å². The van der Waals surface area contributed by atoms with Crippen LogP contribution < -0.4 is 5.73 Å². The third-order valence-electron chi connectivity index (χ3n) is 5.29. The highest BCUT2D eigenvalue weighted by molar-refractivity contribution is 7.11. The van der Waals surface area contributed by atoms with Crippen LogP contribution >= 0.6 is 11.3 Å². The van der Waals surface area contributed by atoms with Gasteiger partial charge in [-0.1, -0.05) is 30.3 Å². The standard InChI is InChI=1S/C19H23N3OS/c20-19(23)15-8-9-22(11-15)12-18-21-16-7-6-14(10-17(16)24-18)13-4-2-1-3-5-13/h1-5,14-15H,6-12H2,(H2,20,23)/t14-,15+/m1/s1. The minimum Gasteiger partial charge on any atom is -0.369 e. The maximum absolute atomic E-state index is 11.3. The zero-order valence-corrected chi connectivity index (χ0v) is 14.6. The quantitative estimate of drug-likeness (QED) is 0.930. The van der Waals surface area contributed by atoms with Gasteiger partial charge in [0.1, 0.15) is 5.01 Å². The summed E-state index contributed by atoms with van der Waals surface area (Å²) in [5.41, 5.74) is 8.17. The van der Waals surface area contributed by atoms with Crippen molar-refractivity contribution in [1.82, 2.24) is 9.88 Å². The number of fused-ring (bicyclic) bond motifs is 1. The van der Waals surface area contributed by atoms with Crippen molar-refractivity contribution in [2.75, 3.05) is 13.1 Å². The van der Waals surface area contributed by atoms with Crippen molar-refractivity contribution in [2.45, 2.75) is 38.1 Å². The molecule has 2 heterocycles. The summed E-state index contributed by atoms with van der Waals surface area (Å²) < 4.78 is 0. The molecule has 4 rings (SSSR count). The third kappa shape index (κ3) is 3.23. The molecule has 1 aromatic heterocycles. The van der Waals surface area contributed by atoms with Crippen molar-refractivity contribution in [3.8, 4) is 0 Å². The van der Waals surface area contributed by atoms with Gasteiger partial charge in [0, 0.05) is 11.4 Å². The van der Waals surface area contributed by atoms with Crippen LogP contribution in [0, 0.1) is 5.92 Å². The second-order valence-electron chi connectivity index (χ2n) is 6.95. The average Bonchev–Trinajstić information content (AvgIpc) is 3.21. The summed E-state index contributed by atoms with van der Waals surface area (Å²) in [7, 11) is 0. The van der Waals surface area contributed by atoms with Gasteiger partial charge in [-0.3, -0.25) is 9.69 Å². The van der Waals surface area contributed by atoms with Gasteiger partial charge in [-0.15, -0.1) is 11.3 Å². The molecule has 1 amide bonds. The van der Waals surface area contributed by atoms with Crippen LogP contribution in [0.4, 0.5) is 0 Å². The molecule has 2 atom stereocenters. The number of carbonyl (C=O) groups excluding carboxylic acids is 1. The molecule has 126 valence electrons. The minimum atomic E-state index is -0.165. The number of nitrogens with two attached hydrogens (primary N) is 1. The SMILES string of the molecule is NC(=O)[C@H]1CCN(Cc2nc3c(s2)C[C@H](c2ccccc2)CC3)C1. The Morgan fingerprint density at radius 1 is 1.29 bits per heavy atom. The Labute approximate surface area is 146 Å². The van der Waals surface area contributed by atoms with Gasteiger partial charge in [0.05, 0.1) is 18.2 Å². The van der Waals surface area contributed by atoms with E-state index in [-0.39, 0.29) is 11.8 Å². The Morgan fingerprint density at radius 2 is 2.12 bits per heavy atom. The number of rotatable bonds is 4. The Bertz CT molecular complexity index is 727. The van der Waals surface area contributed by atoms with Crippen LogP contribution in [0.3, 0.4) is 0 Å². The molecule has 0 unspecified atom stereocenters. The molecule has 2 N–H and O–H groups in total. The molecule has 1 aliphatic heterocycles. The van der Waals surface area contributed by atoms with Gasteiger partial charge in [0.2, 0.25) is 5.91 Å². The highest BCUT2D eigenvalue weighted by atomic mass is 32.1. The minimum absolute atomic E-state index is 0.0158. The fourth-order valence-electron chi connectivity index (χ4n) is 3.91. The molecule has 1 aliphatic carbocycles. The normalized spacial score (nSPS) is 24.0. The van der Waals surface area contributed by atoms with Gasteiger partial charge in [-0.25, -0.2) is 4.98 Å².